The predicted octanol–water partition coefficient (Wildman–Crippen LogP) is 5.16. The van der Waals surface area contributed by atoms with Crippen molar-refractivity contribution in [3.05, 3.63) is 69.7 Å². The van der Waals surface area contributed by atoms with Gasteiger partial charge in [-0.25, -0.2) is 0 Å². The van der Waals surface area contributed by atoms with Crippen LogP contribution in [0.3, 0.4) is 0 Å². The second-order valence-electron chi connectivity index (χ2n) is 6.14. The summed E-state index contributed by atoms with van der Waals surface area (Å²) < 4.78 is 0. The van der Waals surface area contributed by atoms with Gasteiger partial charge in [0.1, 0.15) is 0 Å². The van der Waals surface area contributed by atoms with E-state index < -0.39 is 0 Å². The Hall–Kier alpha value is -1.31. The predicted molar refractivity (Wildman–Crippen MR) is 89.9 cm³/mol. The van der Waals surface area contributed by atoms with Crippen molar-refractivity contribution in [1.82, 2.24) is 0 Å². The highest BCUT2D eigenvalue weighted by Crippen LogP contribution is 2.37. The molecule has 2 aromatic carbocycles. The molecule has 2 aromatic rings. The van der Waals surface area contributed by atoms with Gasteiger partial charge in [0.15, 0.2) is 0 Å². The normalized spacial score (nSPS) is 19.1. The number of hydrogen-bond acceptors (Lipinski definition) is 1. The van der Waals surface area contributed by atoms with Crippen molar-refractivity contribution in [3.63, 3.8) is 0 Å². The molecule has 2 N–H and O–H groups in total. The third-order valence-corrected chi connectivity index (χ3v) is 5.07. The molecule has 0 heterocycles. The first kappa shape index (κ1) is 14.6. The summed E-state index contributed by atoms with van der Waals surface area (Å²) in [6.45, 7) is 2.04. The molecule has 2 atom stereocenters. The summed E-state index contributed by atoms with van der Waals surface area (Å²) in [6.07, 6.45) is 4.74. The fourth-order valence-electron chi connectivity index (χ4n) is 3.44. The van der Waals surface area contributed by atoms with E-state index in [1.165, 1.54) is 36.0 Å². The van der Waals surface area contributed by atoms with Crippen molar-refractivity contribution in [2.45, 2.75) is 44.6 Å². The Labute approximate surface area is 132 Å². The Morgan fingerprint density at radius 1 is 1.24 bits per heavy atom. The minimum atomic E-state index is 0.0807. The molecule has 0 fully saturated rings. The van der Waals surface area contributed by atoms with E-state index in [0.29, 0.717) is 5.92 Å². The zero-order valence-corrected chi connectivity index (χ0v) is 13.2. The van der Waals surface area contributed by atoms with Crippen molar-refractivity contribution in [2.24, 2.45) is 5.73 Å². The van der Waals surface area contributed by atoms with E-state index in [1.807, 2.05) is 13.0 Å². The van der Waals surface area contributed by atoms with E-state index in [4.69, 9.17) is 17.3 Å². The highest BCUT2D eigenvalue weighted by molar-refractivity contribution is 6.31. The first-order valence-electron chi connectivity index (χ1n) is 7.74. The van der Waals surface area contributed by atoms with Crippen LogP contribution in [0.4, 0.5) is 0 Å². The Kier molecular flexibility index (Phi) is 4.32. The molecule has 0 saturated carbocycles. The molecule has 2 heteroatoms. The van der Waals surface area contributed by atoms with Crippen LogP contribution in [0.5, 0.6) is 0 Å². The van der Waals surface area contributed by atoms with Crippen molar-refractivity contribution < 1.29 is 0 Å². The molecule has 0 spiro atoms. The highest BCUT2D eigenvalue weighted by atomic mass is 35.5. The largest absolute Gasteiger partial charge is 0.324 e. The maximum atomic E-state index is 6.46. The Morgan fingerprint density at radius 3 is 2.86 bits per heavy atom. The Bertz CT molecular complexity index is 635. The van der Waals surface area contributed by atoms with E-state index in [0.717, 1.165) is 17.0 Å². The number of halogens is 1. The van der Waals surface area contributed by atoms with Gasteiger partial charge in [0, 0.05) is 11.1 Å². The van der Waals surface area contributed by atoms with Crippen LogP contribution in [0, 0.1) is 6.92 Å². The average Bonchev–Trinajstić information content (AvgIpc) is 2.50. The van der Waals surface area contributed by atoms with Crippen molar-refractivity contribution in [2.75, 3.05) is 0 Å². The molecule has 21 heavy (non-hydrogen) atoms. The Morgan fingerprint density at radius 2 is 2.05 bits per heavy atom. The molecule has 0 aliphatic heterocycles. The molecule has 0 aromatic heterocycles. The van der Waals surface area contributed by atoms with Gasteiger partial charge in [-0.3, -0.25) is 0 Å². The summed E-state index contributed by atoms with van der Waals surface area (Å²) in [7, 11) is 0. The lowest BCUT2D eigenvalue weighted by molar-refractivity contribution is 0.476. The topological polar surface area (TPSA) is 26.0 Å². The second-order valence-corrected chi connectivity index (χ2v) is 6.55. The standard InChI is InChI=1S/C19H22ClN/c1-13-11-16(9-10-18(13)20)19(21)12-15-7-4-6-14-5-2-3-8-17(14)15/h2-3,5,8-11,15,19H,4,6-7,12,21H2,1H3. The summed E-state index contributed by atoms with van der Waals surface area (Å²) in [5.74, 6) is 0.584. The number of benzene rings is 2. The van der Waals surface area contributed by atoms with Gasteiger partial charge in [0.25, 0.3) is 0 Å². The summed E-state index contributed by atoms with van der Waals surface area (Å²) in [4.78, 5) is 0. The third-order valence-electron chi connectivity index (χ3n) is 4.64. The molecule has 0 amide bonds. The Balaban J connectivity index is 1.79. The number of aryl methyl sites for hydroxylation is 2. The minimum absolute atomic E-state index is 0.0807. The van der Waals surface area contributed by atoms with Gasteiger partial charge in [-0.1, -0.05) is 48.0 Å². The van der Waals surface area contributed by atoms with E-state index in [2.05, 4.69) is 36.4 Å². The maximum absolute atomic E-state index is 6.46. The molecule has 110 valence electrons. The van der Waals surface area contributed by atoms with E-state index in [9.17, 15) is 0 Å². The quantitative estimate of drug-likeness (QED) is 0.832. The van der Waals surface area contributed by atoms with Crippen LogP contribution in [0.1, 0.15) is 53.5 Å². The van der Waals surface area contributed by atoms with Gasteiger partial charge < -0.3 is 5.73 Å². The van der Waals surface area contributed by atoms with Crippen LogP contribution in [-0.2, 0) is 6.42 Å². The lowest BCUT2D eigenvalue weighted by Crippen LogP contribution is -2.18. The molecule has 0 bridgehead atoms. The molecule has 0 saturated heterocycles. The second kappa shape index (κ2) is 6.21. The van der Waals surface area contributed by atoms with Crippen LogP contribution in [0.15, 0.2) is 42.5 Å². The lowest BCUT2D eigenvalue weighted by Gasteiger charge is -2.28. The summed E-state index contributed by atoms with van der Waals surface area (Å²) in [6, 6.07) is 15.1. The van der Waals surface area contributed by atoms with Crippen LogP contribution in [-0.4, -0.2) is 0 Å². The van der Waals surface area contributed by atoms with Crippen molar-refractivity contribution in [1.29, 1.82) is 0 Å². The third kappa shape index (κ3) is 3.14. The van der Waals surface area contributed by atoms with Gasteiger partial charge in [-0.05, 0) is 66.8 Å². The van der Waals surface area contributed by atoms with Gasteiger partial charge >= 0.3 is 0 Å². The zero-order valence-electron chi connectivity index (χ0n) is 12.5. The fraction of sp³-hybridized carbons (Fsp3) is 0.368. The van der Waals surface area contributed by atoms with Crippen LogP contribution in [0.25, 0.3) is 0 Å². The summed E-state index contributed by atoms with van der Waals surface area (Å²) in [5.41, 5.74) is 11.8. The molecule has 1 aliphatic rings. The van der Waals surface area contributed by atoms with Crippen LogP contribution < -0.4 is 5.73 Å². The minimum Gasteiger partial charge on any atom is -0.324 e. The number of fused-ring (bicyclic) bond motifs is 1. The van der Waals surface area contributed by atoms with E-state index in [-0.39, 0.29) is 6.04 Å². The molecule has 1 nitrogen and oxygen atoms in total. The average molecular weight is 300 g/mol. The number of nitrogens with two attached hydrogens (primary N) is 1. The van der Waals surface area contributed by atoms with E-state index in [1.54, 1.807) is 0 Å². The van der Waals surface area contributed by atoms with Gasteiger partial charge in [0.2, 0.25) is 0 Å². The summed E-state index contributed by atoms with van der Waals surface area (Å²) >= 11 is 6.10. The first-order valence-corrected chi connectivity index (χ1v) is 8.12. The van der Waals surface area contributed by atoms with Gasteiger partial charge in [0.05, 0.1) is 0 Å². The van der Waals surface area contributed by atoms with Gasteiger partial charge in [-0.15, -0.1) is 0 Å². The molecule has 3 rings (SSSR count). The van der Waals surface area contributed by atoms with Crippen molar-refractivity contribution in [3.8, 4) is 0 Å². The molecule has 2 unspecified atom stereocenters. The molecular weight excluding hydrogens is 278 g/mol. The summed E-state index contributed by atoms with van der Waals surface area (Å²) in [5, 5.41) is 0.814. The smallest absolute Gasteiger partial charge is 0.0435 e. The lowest BCUT2D eigenvalue weighted by atomic mass is 9.79. The monoisotopic (exact) mass is 299 g/mol. The van der Waals surface area contributed by atoms with Crippen LogP contribution in [0.2, 0.25) is 5.02 Å². The maximum Gasteiger partial charge on any atom is 0.0435 e. The van der Waals surface area contributed by atoms with Gasteiger partial charge in [-0.2, -0.15) is 0 Å². The van der Waals surface area contributed by atoms with Crippen molar-refractivity contribution >= 4 is 11.6 Å². The molecule has 0 radical (unpaired) electrons. The van der Waals surface area contributed by atoms with E-state index >= 15 is 0 Å². The van der Waals surface area contributed by atoms with Crippen LogP contribution >= 0.6 is 11.6 Å². The SMILES string of the molecule is Cc1cc(C(N)CC2CCCc3ccccc32)ccc1Cl. The highest BCUT2D eigenvalue weighted by Gasteiger charge is 2.22. The molecule has 1 aliphatic carbocycles. The number of hydrogen-bond donors (Lipinski definition) is 1. The zero-order chi connectivity index (χ0) is 14.8. The molecular formula is C19H22ClN. The number of rotatable bonds is 3. The fourth-order valence-corrected chi connectivity index (χ4v) is 3.56. The first-order chi connectivity index (χ1) is 10.1.